The second-order valence-corrected chi connectivity index (χ2v) is 14.6. The smallest absolute Gasteiger partial charge is 0.193 e. The summed E-state index contributed by atoms with van der Waals surface area (Å²) < 4.78 is 0. The van der Waals surface area contributed by atoms with Crippen molar-refractivity contribution in [1.29, 1.82) is 0 Å². The third-order valence-electron chi connectivity index (χ3n) is 10.9. The first-order chi connectivity index (χ1) is 23.6. The van der Waals surface area contributed by atoms with Gasteiger partial charge in [0.2, 0.25) is 0 Å². The van der Waals surface area contributed by atoms with E-state index in [4.69, 9.17) is 0 Å². The number of hydrogen-bond acceptors (Lipinski definition) is 4. The van der Waals surface area contributed by atoms with Crippen molar-refractivity contribution in [3.05, 3.63) is 174 Å². The Morgan fingerprint density at radius 1 is 0.542 bits per heavy atom. The Hall–Kier alpha value is -5.06. The van der Waals surface area contributed by atoms with Gasteiger partial charge in [0.1, 0.15) is 0 Å². The van der Waals surface area contributed by atoms with Crippen molar-refractivity contribution in [2.45, 2.75) is 52.8 Å². The Labute approximate surface area is 286 Å². The summed E-state index contributed by atoms with van der Waals surface area (Å²) in [6.45, 7) is 0. The lowest BCUT2D eigenvalue weighted by atomic mass is 9.77. The lowest BCUT2D eigenvalue weighted by Crippen LogP contribution is -2.43. The number of benzene rings is 6. The summed E-state index contributed by atoms with van der Waals surface area (Å²) in [5, 5.41) is 0. The highest BCUT2D eigenvalue weighted by molar-refractivity contribution is 7.99. The number of para-hydroxylation sites is 3. The molecule has 2 fully saturated rings. The molecule has 0 amide bonds. The van der Waals surface area contributed by atoms with Crippen LogP contribution >= 0.6 is 11.8 Å². The molecule has 2 saturated carbocycles. The van der Waals surface area contributed by atoms with Gasteiger partial charge in [-0.05, 0) is 97.7 Å². The van der Waals surface area contributed by atoms with Crippen molar-refractivity contribution in [2.24, 2.45) is 0 Å². The van der Waals surface area contributed by atoms with E-state index in [-0.39, 0.29) is 16.7 Å². The van der Waals surface area contributed by atoms with Crippen LogP contribution in [0.4, 0.5) is 28.4 Å². The number of rotatable bonds is 7. The van der Waals surface area contributed by atoms with Crippen LogP contribution in [-0.2, 0) is 5.41 Å². The molecule has 0 aromatic heterocycles. The molecule has 4 heteroatoms. The van der Waals surface area contributed by atoms with E-state index in [0.29, 0.717) is 0 Å². The first-order valence-electron chi connectivity index (χ1n) is 16.9. The van der Waals surface area contributed by atoms with E-state index in [9.17, 15) is 4.79 Å². The van der Waals surface area contributed by atoms with E-state index < -0.39 is 0 Å². The van der Waals surface area contributed by atoms with Crippen LogP contribution in [-0.4, -0.2) is 11.3 Å². The zero-order valence-electron chi connectivity index (χ0n) is 26.8. The number of carbonyl (C=O) groups excluding carboxylic acids is 1. The van der Waals surface area contributed by atoms with Crippen molar-refractivity contribution in [1.82, 2.24) is 0 Å². The maximum Gasteiger partial charge on any atom is 0.193 e. The lowest BCUT2D eigenvalue weighted by molar-refractivity contribution is 0.103. The van der Waals surface area contributed by atoms with Crippen LogP contribution in [0.25, 0.3) is 0 Å². The van der Waals surface area contributed by atoms with Gasteiger partial charge in [0, 0.05) is 43.5 Å². The topological polar surface area (TPSA) is 23.6 Å². The molecule has 9 rings (SSSR count). The van der Waals surface area contributed by atoms with E-state index in [2.05, 4.69) is 125 Å². The predicted octanol–water partition coefficient (Wildman–Crippen LogP) is 11.6. The molecule has 6 aromatic rings. The van der Waals surface area contributed by atoms with Gasteiger partial charge in [-0.25, -0.2) is 0 Å². The maximum atomic E-state index is 13.1. The molecular formula is C44H36N2OS. The van der Waals surface area contributed by atoms with Gasteiger partial charge in [-0.2, -0.15) is 0 Å². The van der Waals surface area contributed by atoms with Crippen LogP contribution in [0.15, 0.2) is 168 Å². The molecule has 0 N–H and O–H groups in total. The third-order valence-corrected chi connectivity index (χ3v) is 12.0. The van der Waals surface area contributed by atoms with Gasteiger partial charge in [0.05, 0.1) is 11.4 Å². The van der Waals surface area contributed by atoms with E-state index in [1.54, 1.807) is 0 Å². The molecule has 2 bridgehead atoms. The van der Waals surface area contributed by atoms with E-state index in [0.717, 1.165) is 60.3 Å². The molecule has 0 saturated heterocycles. The molecule has 0 unspecified atom stereocenters. The van der Waals surface area contributed by atoms with Gasteiger partial charge in [0.25, 0.3) is 0 Å². The molecule has 3 aliphatic rings. The van der Waals surface area contributed by atoms with Crippen molar-refractivity contribution < 1.29 is 4.79 Å². The SMILES string of the molecule is O=C(c1ccccc1)c1ccc(C23CCC(N4c5ccccc5Sc5cc(N(c6ccccc6)c6ccccc6)ccc54)(CC2)C3)cc1. The quantitative estimate of drug-likeness (QED) is 0.162. The highest BCUT2D eigenvalue weighted by Crippen LogP contribution is 2.64. The van der Waals surface area contributed by atoms with Gasteiger partial charge < -0.3 is 9.80 Å². The Morgan fingerprint density at radius 2 is 1.10 bits per heavy atom. The van der Waals surface area contributed by atoms with Crippen LogP contribution in [0.2, 0.25) is 0 Å². The molecule has 234 valence electrons. The number of carbonyl (C=O) groups is 1. The first-order valence-corrected chi connectivity index (χ1v) is 17.8. The fourth-order valence-corrected chi connectivity index (χ4v) is 9.69. The van der Waals surface area contributed by atoms with Gasteiger partial charge in [-0.15, -0.1) is 0 Å². The fourth-order valence-electron chi connectivity index (χ4n) is 8.60. The second kappa shape index (κ2) is 11.6. The standard InChI is InChI=1S/C44H36N2OS/c47-42(32-12-4-1-5-13-32)33-20-22-34(23-21-33)43-26-28-44(31-43,29-27-43)46-38-18-10-11-19-40(38)48-41-30-37(24-25-39(41)46)45(35-14-6-2-7-15-35)36-16-8-3-9-17-36/h1-25,30H,26-29,31H2. The normalized spacial score (nSPS) is 20.6. The van der Waals surface area contributed by atoms with Crippen molar-refractivity contribution >= 4 is 46.0 Å². The molecule has 1 aliphatic heterocycles. The molecule has 2 aliphatic carbocycles. The molecule has 1 heterocycles. The number of hydrogen-bond donors (Lipinski definition) is 0. The molecule has 6 aromatic carbocycles. The van der Waals surface area contributed by atoms with E-state index in [1.807, 2.05) is 54.2 Å². The minimum atomic E-state index is 0.0461. The van der Waals surface area contributed by atoms with Gasteiger partial charge in [-0.1, -0.05) is 115 Å². The van der Waals surface area contributed by atoms with Crippen molar-refractivity contribution in [3.63, 3.8) is 0 Å². The molecule has 48 heavy (non-hydrogen) atoms. The summed E-state index contributed by atoms with van der Waals surface area (Å²) in [6, 6.07) is 55.5. The number of nitrogens with zero attached hydrogens (tertiary/aromatic N) is 2. The van der Waals surface area contributed by atoms with Crippen LogP contribution in [0.5, 0.6) is 0 Å². The highest BCUT2D eigenvalue weighted by atomic mass is 32.2. The predicted molar refractivity (Wildman–Crippen MR) is 198 cm³/mol. The summed E-state index contributed by atoms with van der Waals surface area (Å²) in [7, 11) is 0. The summed E-state index contributed by atoms with van der Waals surface area (Å²) >= 11 is 1.89. The minimum absolute atomic E-state index is 0.0461. The van der Waals surface area contributed by atoms with Crippen molar-refractivity contribution in [3.8, 4) is 0 Å². The Morgan fingerprint density at radius 3 is 1.77 bits per heavy atom. The summed E-state index contributed by atoms with van der Waals surface area (Å²) in [5.41, 5.74) is 9.14. The summed E-state index contributed by atoms with van der Waals surface area (Å²) in [4.78, 5) is 20.8. The van der Waals surface area contributed by atoms with E-state index >= 15 is 0 Å². The van der Waals surface area contributed by atoms with Crippen molar-refractivity contribution in [2.75, 3.05) is 9.80 Å². The number of fused-ring (bicyclic) bond motifs is 4. The van der Waals surface area contributed by atoms with Gasteiger partial charge >= 0.3 is 0 Å². The Bertz CT molecular complexity index is 2060. The average Bonchev–Trinajstić information content (AvgIpc) is 3.74. The summed E-state index contributed by atoms with van der Waals surface area (Å²) in [5.74, 6) is 0.0864. The largest absolute Gasteiger partial charge is 0.333 e. The zero-order chi connectivity index (χ0) is 32.1. The maximum absolute atomic E-state index is 13.1. The van der Waals surface area contributed by atoms with Gasteiger partial charge in [-0.3, -0.25) is 4.79 Å². The average molecular weight is 641 g/mol. The molecule has 0 atom stereocenters. The lowest BCUT2D eigenvalue weighted by Gasteiger charge is -2.45. The molecule has 3 nitrogen and oxygen atoms in total. The Kier molecular flexibility index (Phi) is 7.02. The fraction of sp³-hybridized carbons (Fsp3) is 0.159. The van der Waals surface area contributed by atoms with Crippen LogP contribution in [0.1, 0.15) is 53.6 Å². The third kappa shape index (κ3) is 4.78. The minimum Gasteiger partial charge on any atom is -0.333 e. The Balaban J connectivity index is 1.07. The summed E-state index contributed by atoms with van der Waals surface area (Å²) in [6.07, 6.45) is 5.74. The second-order valence-electron chi connectivity index (χ2n) is 13.5. The zero-order valence-corrected chi connectivity index (χ0v) is 27.6. The molecule has 0 spiro atoms. The highest BCUT2D eigenvalue weighted by Gasteiger charge is 2.58. The molecule has 0 radical (unpaired) electrons. The monoisotopic (exact) mass is 640 g/mol. The molecular weight excluding hydrogens is 605 g/mol. The van der Waals surface area contributed by atoms with Crippen LogP contribution in [0.3, 0.4) is 0 Å². The number of anilines is 5. The first kappa shape index (κ1) is 29.1. The van der Waals surface area contributed by atoms with Crippen LogP contribution in [0, 0.1) is 0 Å². The van der Waals surface area contributed by atoms with E-state index in [1.165, 1.54) is 26.7 Å². The van der Waals surface area contributed by atoms with Gasteiger partial charge in [0.15, 0.2) is 5.78 Å². The number of ketones is 1. The van der Waals surface area contributed by atoms with Crippen LogP contribution < -0.4 is 9.80 Å².